The molecule has 0 unspecified atom stereocenters. The lowest BCUT2D eigenvalue weighted by atomic mass is 9.77. The highest BCUT2D eigenvalue weighted by Crippen LogP contribution is 2.39. The van der Waals surface area contributed by atoms with Gasteiger partial charge >= 0.3 is 0 Å². The molecule has 1 N–H and O–H groups in total. The molecule has 0 radical (unpaired) electrons. The summed E-state index contributed by atoms with van der Waals surface area (Å²) >= 11 is 3.40. The van der Waals surface area contributed by atoms with Gasteiger partial charge in [0.2, 0.25) is 0 Å². The van der Waals surface area contributed by atoms with Gasteiger partial charge in [0.15, 0.2) is 0 Å². The van der Waals surface area contributed by atoms with Gasteiger partial charge in [-0.05, 0) is 71.1 Å². The SMILES string of the molecule is CCC[C@H]1CC[C@H](c2ccc(O)c(Br)c2)CC1. The third kappa shape index (κ3) is 3.25. The quantitative estimate of drug-likeness (QED) is 0.810. The van der Waals surface area contributed by atoms with E-state index >= 15 is 0 Å². The van der Waals surface area contributed by atoms with Gasteiger partial charge in [-0.25, -0.2) is 0 Å². The predicted molar refractivity (Wildman–Crippen MR) is 75.4 cm³/mol. The lowest BCUT2D eigenvalue weighted by Gasteiger charge is -2.28. The van der Waals surface area contributed by atoms with Gasteiger partial charge in [-0.3, -0.25) is 0 Å². The van der Waals surface area contributed by atoms with Gasteiger partial charge in [0.25, 0.3) is 0 Å². The lowest BCUT2D eigenvalue weighted by Crippen LogP contribution is -2.13. The van der Waals surface area contributed by atoms with Crippen LogP contribution in [0.3, 0.4) is 0 Å². The molecule has 1 aromatic rings. The Morgan fingerprint density at radius 1 is 1.24 bits per heavy atom. The van der Waals surface area contributed by atoms with Crippen LogP contribution in [0.15, 0.2) is 22.7 Å². The summed E-state index contributed by atoms with van der Waals surface area (Å²) in [5, 5.41) is 9.51. The number of hydrogen-bond acceptors (Lipinski definition) is 1. The fourth-order valence-corrected chi connectivity index (χ4v) is 3.37. The normalized spacial score (nSPS) is 24.8. The summed E-state index contributed by atoms with van der Waals surface area (Å²) in [7, 11) is 0. The van der Waals surface area contributed by atoms with E-state index in [0.717, 1.165) is 10.4 Å². The molecule has 2 rings (SSSR count). The van der Waals surface area contributed by atoms with Crippen LogP contribution in [0, 0.1) is 5.92 Å². The Labute approximate surface area is 112 Å². The molecule has 1 aliphatic rings. The van der Waals surface area contributed by atoms with Gasteiger partial charge in [-0.2, -0.15) is 0 Å². The van der Waals surface area contributed by atoms with Crippen molar-refractivity contribution in [2.45, 2.75) is 51.4 Å². The predicted octanol–water partition coefficient (Wildman–Crippen LogP) is 5.23. The van der Waals surface area contributed by atoms with E-state index in [-0.39, 0.29) is 0 Å². The average molecular weight is 297 g/mol. The Balaban J connectivity index is 1.98. The Bertz CT molecular complexity index is 367. The zero-order valence-corrected chi connectivity index (χ0v) is 12.0. The smallest absolute Gasteiger partial charge is 0.129 e. The van der Waals surface area contributed by atoms with Crippen LogP contribution in [0.25, 0.3) is 0 Å². The van der Waals surface area contributed by atoms with Gasteiger partial charge in [0.05, 0.1) is 4.47 Å². The molecular formula is C15H21BrO. The van der Waals surface area contributed by atoms with Crippen molar-refractivity contribution in [3.8, 4) is 5.75 Å². The van der Waals surface area contributed by atoms with Crippen LogP contribution in [-0.4, -0.2) is 5.11 Å². The molecule has 0 aromatic heterocycles. The minimum Gasteiger partial charge on any atom is -0.507 e. The number of hydrogen-bond donors (Lipinski definition) is 1. The van der Waals surface area contributed by atoms with Crippen LogP contribution < -0.4 is 0 Å². The lowest BCUT2D eigenvalue weighted by molar-refractivity contribution is 0.308. The summed E-state index contributed by atoms with van der Waals surface area (Å²) in [6.07, 6.45) is 8.07. The van der Waals surface area contributed by atoms with Crippen LogP contribution in [-0.2, 0) is 0 Å². The molecule has 0 heterocycles. The Morgan fingerprint density at radius 3 is 2.53 bits per heavy atom. The molecule has 0 spiro atoms. The number of benzene rings is 1. The van der Waals surface area contributed by atoms with Gasteiger partial charge in [0.1, 0.15) is 5.75 Å². The zero-order valence-electron chi connectivity index (χ0n) is 10.5. The highest BCUT2D eigenvalue weighted by atomic mass is 79.9. The summed E-state index contributed by atoms with van der Waals surface area (Å²) < 4.78 is 0.825. The summed E-state index contributed by atoms with van der Waals surface area (Å²) in [6.45, 7) is 2.28. The fraction of sp³-hybridized carbons (Fsp3) is 0.600. The number of aromatic hydroxyl groups is 1. The summed E-state index contributed by atoms with van der Waals surface area (Å²) in [5.74, 6) is 1.99. The first-order valence-corrected chi connectivity index (χ1v) is 7.48. The van der Waals surface area contributed by atoms with Crippen LogP contribution in [0.5, 0.6) is 5.75 Å². The maximum atomic E-state index is 9.51. The Kier molecular flexibility index (Phi) is 4.49. The molecule has 1 fully saturated rings. The van der Waals surface area contributed by atoms with Crippen molar-refractivity contribution < 1.29 is 5.11 Å². The zero-order chi connectivity index (χ0) is 12.3. The van der Waals surface area contributed by atoms with Gasteiger partial charge in [0, 0.05) is 0 Å². The first-order chi connectivity index (χ1) is 8.20. The molecule has 0 bridgehead atoms. The minimum absolute atomic E-state index is 0.341. The van der Waals surface area contributed by atoms with Gasteiger partial charge in [-0.1, -0.05) is 25.8 Å². The highest BCUT2D eigenvalue weighted by molar-refractivity contribution is 9.10. The second kappa shape index (κ2) is 5.90. The molecule has 2 heteroatoms. The van der Waals surface area contributed by atoms with E-state index in [9.17, 15) is 5.11 Å². The molecule has 0 saturated heterocycles. The molecule has 1 aliphatic carbocycles. The first kappa shape index (κ1) is 12.9. The van der Waals surface area contributed by atoms with E-state index in [1.54, 1.807) is 6.07 Å². The van der Waals surface area contributed by atoms with Crippen LogP contribution >= 0.6 is 15.9 Å². The molecule has 0 amide bonds. The maximum Gasteiger partial charge on any atom is 0.129 e. The van der Waals surface area contributed by atoms with Crippen molar-refractivity contribution in [1.82, 2.24) is 0 Å². The maximum absolute atomic E-state index is 9.51. The Hall–Kier alpha value is -0.500. The number of phenols is 1. The molecule has 94 valence electrons. The van der Waals surface area contributed by atoms with E-state index in [0.29, 0.717) is 11.7 Å². The second-order valence-electron chi connectivity index (χ2n) is 5.22. The first-order valence-electron chi connectivity index (χ1n) is 6.69. The van der Waals surface area contributed by atoms with E-state index in [4.69, 9.17) is 0 Å². The van der Waals surface area contributed by atoms with E-state index in [1.165, 1.54) is 44.1 Å². The second-order valence-corrected chi connectivity index (χ2v) is 6.07. The third-order valence-corrected chi connectivity index (χ3v) is 4.62. The van der Waals surface area contributed by atoms with Crippen molar-refractivity contribution in [3.05, 3.63) is 28.2 Å². The molecular weight excluding hydrogens is 276 g/mol. The third-order valence-electron chi connectivity index (χ3n) is 3.99. The van der Waals surface area contributed by atoms with Gasteiger partial charge in [-0.15, -0.1) is 0 Å². The highest BCUT2D eigenvalue weighted by Gasteiger charge is 2.22. The monoisotopic (exact) mass is 296 g/mol. The molecule has 0 atom stereocenters. The van der Waals surface area contributed by atoms with E-state index in [2.05, 4.69) is 35.0 Å². The Morgan fingerprint density at radius 2 is 1.94 bits per heavy atom. The topological polar surface area (TPSA) is 20.2 Å². The van der Waals surface area contributed by atoms with Crippen LogP contribution in [0.1, 0.15) is 56.9 Å². The molecule has 0 aliphatic heterocycles. The summed E-state index contributed by atoms with van der Waals surface area (Å²) in [4.78, 5) is 0. The molecule has 17 heavy (non-hydrogen) atoms. The minimum atomic E-state index is 0.341. The molecule has 1 nitrogen and oxygen atoms in total. The number of rotatable bonds is 3. The molecule has 1 aromatic carbocycles. The summed E-state index contributed by atoms with van der Waals surface area (Å²) in [5.41, 5.74) is 1.38. The largest absolute Gasteiger partial charge is 0.507 e. The fourth-order valence-electron chi connectivity index (χ4n) is 2.97. The van der Waals surface area contributed by atoms with Gasteiger partial charge < -0.3 is 5.11 Å². The van der Waals surface area contributed by atoms with E-state index < -0.39 is 0 Å². The van der Waals surface area contributed by atoms with Crippen molar-refractivity contribution in [3.63, 3.8) is 0 Å². The van der Waals surface area contributed by atoms with E-state index in [1.807, 2.05) is 0 Å². The number of halogens is 1. The van der Waals surface area contributed by atoms with Crippen molar-refractivity contribution in [2.75, 3.05) is 0 Å². The summed E-state index contributed by atoms with van der Waals surface area (Å²) in [6, 6.07) is 5.96. The number of phenolic OH excluding ortho intramolecular Hbond substituents is 1. The van der Waals surface area contributed by atoms with Crippen molar-refractivity contribution >= 4 is 15.9 Å². The van der Waals surface area contributed by atoms with Crippen LogP contribution in [0.4, 0.5) is 0 Å². The van der Waals surface area contributed by atoms with Crippen molar-refractivity contribution in [1.29, 1.82) is 0 Å². The average Bonchev–Trinajstić information content (AvgIpc) is 2.34. The molecule has 1 saturated carbocycles. The standard InChI is InChI=1S/C15H21BrO/c1-2-3-11-4-6-12(7-5-11)13-8-9-15(17)14(16)10-13/h8-12,17H,2-7H2,1H3/t11-,12-. The van der Waals surface area contributed by atoms with Crippen molar-refractivity contribution in [2.24, 2.45) is 5.92 Å². The van der Waals surface area contributed by atoms with Crippen LogP contribution in [0.2, 0.25) is 0 Å².